The Labute approximate surface area is 213 Å². The average Bonchev–Trinajstić information content (AvgIpc) is 3.34. The maximum atomic E-state index is 13.8. The van der Waals surface area contributed by atoms with Gasteiger partial charge in [-0.25, -0.2) is 17.9 Å². The summed E-state index contributed by atoms with van der Waals surface area (Å²) in [5.74, 6) is -0.316. The van der Waals surface area contributed by atoms with Gasteiger partial charge in [0, 0.05) is 12.4 Å². The summed E-state index contributed by atoms with van der Waals surface area (Å²) in [7, 11) is -4.25. The highest BCUT2D eigenvalue weighted by Gasteiger charge is 2.47. The first-order valence-electron chi connectivity index (χ1n) is 12.1. The van der Waals surface area contributed by atoms with Gasteiger partial charge in [-0.05, 0) is 90.1 Å². The maximum Gasteiger partial charge on any atom is 0.424 e. The number of aromatic nitrogens is 2. The Hall–Kier alpha value is -3.14. The van der Waals surface area contributed by atoms with Crippen LogP contribution in [-0.4, -0.2) is 52.8 Å². The fraction of sp³-hybridized carbons (Fsp3) is 0.500. The van der Waals surface area contributed by atoms with Crippen molar-refractivity contribution in [2.75, 3.05) is 6.61 Å². The fourth-order valence-electron chi connectivity index (χ4n) is 4.50. The summed E-state index contributed by atoms with van der Waals surface area (Å²) in [4.78, 5) is 26.0. The van der Waals surface area contributed by atoms with Crippen molar-refractivity contribution in [3.8, 4) is 5.69 Å². The lowest BCUT2D eigenvalue weighted by atomic mass is 9.70. The van der Waals surface area contributed by atoms with E-state index in [4.69, 9.17) is 9.47 Å². The van der Waals surface area contributed by atoms with Crippen LogP contribution < -0.4 is 0 Å². The standard InChI is InChI=1S/C26H35N3O6S/c1-6-15-26(23(30)34-7-2)16-13-21(14-17-26)29(24(31)35-25(3,4)5)36(32,33)22-11-9-20(10-12-22)28-19-8-18-27-28/h6,8-12,18-19,21H,1,7,13-17H2,2-5H3. The van der Waals surface area contributed by atoms with E-state index in [1.165, 1.54) is 12.1 Å². The molecule has 0 aliphatic heterocycles. The number of ether oxygens (including phenoxy) is 2. The fourth-order valence-corrected chi connectivity index (χ4v) is 6.04. The zero-order chi connectivity index (χ0) is 26.6. The lowest BCUT2D eigenvalue weighted by molar-refractivity contribution is -0.157. The van der Waals surface area contributed by atoms with Crippen LogP contribution in [0.4, 0.5) is 4.79 Å². The van der Waals surface area contributed by atoms with Gasteiger partial charge in [0.05, 0.1) is 28.6 Å². The normalized spacial score (nSPS) is 20.4. The maximum absolute atomic E-state index is 13.8. The van der Waals surface area contributed by atoms with Crippen LogP contribution in [0.15, 0.2) is 60.3 Å². The van der Waals surface area contributed by atoms with Gasteiger partial charge in [-0.15, -0.1) is 6.58 Å². The van der Waals surface area contributed by atoms with E-state index >= 15 is 0 Å². The number of carbonyl (C=O) groups is 2. The number of esters is 1. The molecule has 1 amide bonds. The molecule has 1 fully saturated rings. The van der Waals surface area contributed by atoms with Crippen molar-refractivity contribution < 1.29 is 27.5 Å². The van der Waals surface area contributed by atoms with E-state index in [1.54, 1.807) is 69.0 Å². The van der Waals surface area contributed by atoms with Crippen molar-refractivity contribution in [2.24, 2.45) is 5.41 Å². The van der Waals surface area contributed by atoms with Crippen molar-refractivity contribution in [2.45, 2.75) is 76.3 Å². The minimum Gasteiger partial charge on any atom is -0.466 e. The van der Waals surface area contributed by atoms with E-state index in [0.29, 0.717) is 37.8 Å². The predicted molar refractivity (Wildman–Crippen MR) is 135 cm³/mol. The van der Waals surface area contributed by atoms with Crippen LogP contribution in [0, 0.1) is 5.41 Å². The Balaban J connectivity index is 1.92. The molecule has 36 heavy (non-hydrogen) atoms. The molecule has 0 spiro atoms. The monoisotopic (exact) mass is 517 g/mol. The second-order valence-electron chi connectivity index (χ2n) is 9.95. The number of hydrogen-bond acceptors (Lipinski definition) is 7. The van der Waals surface area contributed by atoms with Gasteiger partial charge in [-0.2, -0.15) is 9.40 Å². The molecule has 0 bridgehead atoms. The Kier molecular flexibility index (Phi) is 8.28. The van der Waals surface area contributed by atoms with Gasteiger partial charge >= 0.3 is 12.1 Å². The largest absolute Gasteiger partial charge is 0.466 e. The summed E-state index contributed by atoms with van der Waals surface area (Å²) in [5, 5.41) is 4.15. The number of benzene rings is 1. The molecule has 196 valence electrons. The van der Waals surface area contributed by atoms with Crippen LogP contribution in [0.25, 0.3) is 5.69 Å². The van der Waals surface area contributed by atoms with E-state index in [2.05, 4.69) is 11.7 Å². The van der Waals surface area contributed by atoms with Gasteiger partial charge in [-0.1, -0.05) is 6.08 Å². The summed E-state index contributed by atoms with van der Waals surface area (Å²) in [6.07, 6.45) is 5.89. The molecule has 9 nitrogen and oxygen atoms in total. The number of sulfonamides is 1. The van der Waals surface area contributed by atoms with Crippen molar-refractivity contribution in [1.82, 2.24) is 14.1 Å². The average molecular weight is 518 g/mol. The van der Waals surface area contributed by atoms with Crippen LogP contribution in [0.2, 0.25) is 0 Å². The summed E-state index contributed by atoms with van der Waals surface area (Å²) < 4.78 is 40.8. The predicted octanol–water partition coefficient (Wildman–Crippen LogP) is 4.87. The molecule has 3 rings (SSSR count). The molecule has 0 N–H and O–H groups in total. The zero-order valence-corrected chi connectivity index (χ0v) is 22.2. The topological polar surface area (TPSA) is 108 Å². The zero-order valence-electron chi connectivity index (χ0n) is 21.3. The van der Waals surface area contributed by atoms with Gasteiger partial charge in [0.25, 0.3) is 10.0 Å². The van der Waals surface area contributed by atoms with E-state index in [1.807, 2.05) is 0 Å². The molecule has 0 atom stereocenters. The highest BCUT2D eigenvalue weighted by atomic mass is 32.2. The number of rotatable bonds is 8. The van der Waals surface area contributed by atoms with Gasteiger partial charge in [0.2, 0.25) is 0 Å². The molecule has 0 radical (unpaired) electrons. The van der Waals surface area contributed by atoms with E-state index < -0.39 is 33.2 Å². The number of allylic oxidation sites excluding steroid dienone is 1. The lowest BCUT2D eigenvalue weighted by Crippen LogP contribution is -2.50. The third kappa shape index (κ3) is 5.98. The molecule has 0 unspecified atom stereocenters. The smallest absolute Gasteiger partial charge is 0.424 e. The van der Waals surface area contributed by atoms with Crippen LogP contribution in [0.5, 0.6) is 0 Å². The van der Waals surface area contributed by atoms with Crippen LogP contribution in [0.1, 0.15) is 59.8 Å². The van der Waals surface area contributed by atoms with Crippen molar-refractivity contribution in [3.63, 3.8) is 0 Å². The van der Waals surface area contributed by atoms with Gasteiger partial charge in [0.15, 0.2) is 0 Å². The third-order valence-corrected chi connectivity index (χ3v) is 8.06. The van der Waals surface area contributed by atoms with Crippen LogP contribution >= 0.6 is 0 Å². The third-order valence-electron chi connectivity index (χ3n) is 6.22. The first-order valence-corrected chi connectivity index (χ1v) is 13.5. The summed E-state index contributed by atoms with van der Waals surface area (Å²) in [6, 6.07) is 7.26. The molecule has 1 heterocycles. The molecule has 1 aromatic carbocycles. The first-order chi connectivity index (χ1) is 16.9. The summed E-state index contributed by atoms with van der Waals surface area (Å²) >= 11 is 0. The van der Waals surface area contributed by atoms with Crippen LogP contribution in [0.3, 0.4) is 0 Å². The molecular formula is C26H35N3O6S. The summed E-state index contributed by atoms with van der Waals surface area (Å²) in [5.41, 5.74) is -0.978. The molecule has 10 heteroatoms. The molecule has 1 aliphatic rings. The molecule has 2 aromatic rings. The number of carbonyl (C=O) groups excluding carboxylic acids is 2. The Bertz CT molecular complexity index is 1160. The number of hydrogen-bond donors (Lipinski definition) is 0. The van der Waals surface area contributed by atoms with Crippen molar-refractivity contribution in [1.29, 1.82) is 0 Å². The Morgan fingerprint density at radius 1 is 1.22 bits per heavy atom. The molecule has 1 saturated carbocycles. The minimum atomic E-state index is -4.25. The Morgan fingerprint density at radius 3 is 2.36 bits per heavy atom. The highest BCUT2D eigenvalue weighted by molar-refractivity contribution is 7.89. The van der Waals surface area contributed by atoms with Gasteiger partial charge < -0.3 is 9.47 Å². The summed E-state index contributed by atoms with van der Waals surface area (Å²) in [6.45, 7) is 10.8. The molecule has 1 aromatic heterocycles. The van der Waals surface area contributed by atoms with Gasteiger partial charge in [0.1, 0.15) is 5.60 Å². The van der Waals surface area contributed by atoms with Crippen molar-refractivity contribution in [3.05, 3.63) is 55.4 Å². The second kappa shape index (κ2) is 10.9. The molecular weight excluding hydrogens is 482 g/mol. The van der Waals surface area contributed by atoms with Crippen LogP contribution in [-0.2, 0) is 24.3 Å². The van der Waals surface area contributed by atoms with E-state index in [-0.39, 0.29) is 17.5 Å². The van der Waals surface area contributed by atoms with E-state index in [9.17, 15) is 18.0 Å². The highest BCUT2D eigenvalue weighted by Crippen LogP contribution is 2.43. The second-order valence-corrected chi connectivity index (χ2v) is 11.8. The Morgan fingerprint density at radius 2 is 1.86 bits per heavy atom. The molecule has 1 aliphatic carbocycles. The minimum absolute atomic E-state index is 0.0300. The number of nitrogens with zero attached hydrogens (tertiary/aromatic N) is 3. The van der Waals surface area contributed by atoms with Crippen molar-refractivity contribution >= 4 is 22.1 Å². The SMILES string of the molecule is C=CCC1(C(=O)OCC)CCC(N(C(=O)OC(C)(C)C)S(=O)(=O)c2ccc(-n3cccn3)cc2)CC1. The lowest BCUT2D eigenvalue weighted by Gasteiger charge is -2.41. The van der Waals surface area contributed by atoms with Gasteiger partial charge in [-0.3, -0.25) is 4.79 Å². The quantitative estimate of drug-likeness (QED) is 0.363. The number of amides is 1. The first kappa shape index (κ1) is 27.4. The molecule has 0 saturated heterocycles. The van der Waals surface area contributed by atoms with E-state index in [0.717, 1.165) is 4.31 Å².